The molecule has 0 radical (unpaired) electrons. The zero-order chi connectivity index (χ0) is 12.4. The summed E-state index contributed by atoms with van der Waals surface area (Å²) in [4.78, 5) is 0. The Labute approximate surface area is 118 Å². The number of rotatable bonds is 3. The number of benzene rings is 1. The second-order valence-electron chi connectivity index (χ2n) is 3.69. The van der Waals surface area contributed by atoms with Gasteiger partial charge in [0.15, 0.2) is 4.67 Å². The fraction of sp³-hybridized carbons (Fsp3) is 0.167. The predicted octanol–water partition coefficient (Wildman–Crippen LogP) is 4.59. The molecule has 1 aromatic heterocycles. The van der Waals surface area contributed by atoms with Crippen molar-refractivity contribution in [2.45, 2.75) is 12.5 Å². The van der Waals surface area contributed by atoms with Crippen LogP contribution >= 0.6 is 39.1 Å². The molecule has 0 aliphatic carbocycles. The topological polar surface area (TPSA) is 39.2 Å². The third kappa shape index (κ3) is 3.26. The van der Waals surface area contributed by atoms with Crippen molar-refractivity contribution < 1.29 is 4.42 Å². The summed E-state index contributed by atoms with van der Waals surface area (Å²) in [6.07, 6.45) is 0.607. The average molecular weight is 335 g/mol. The summed E-state index contributed by atoms with van der Waals surface area (Å²) in [6, 6.07) is 8.83. The second kappa shape index (κ2) is 5.44. The van der Waals surface area contributed by atoms with E-state index in [4.69, 9.17) is 33.4 Å². The molecule has 1 atom stereocenters. The minimum Gasteiger partial charge on any atom is -0.453 e. The normalized spacial score (nSPS) is 12.7. The predicted molar refractivity (Wildman–Crippen MR) is 73.5 cm³/mol. The van der Waals surface area contributed by atoms with Crippen LogP contribution in [0.1, 0.15) is 17.4 Å². The SMILES string of the molecule is NC(Cc1ccc(Cl)cc1Cl)c1ccc(Br)o1. The number of hydrogen-bond acceptors (Lipinski definition) is 2. The highest BCUT2D eigenvalue weighted by Gasteiger charge is 2.13. The summed E-state index contributed by atoms with van der Waals surface area (Å²) in [5.41, 5.74) is 7.00. The molecule has 90 valence electrons. The van der Waals surface area contributed by atoms with Gasteiger partial charge >= 0.3 is 0 Å². The maximum absolute atomic E-state index is 6.09. The molecule has 2 nitrogen and oxygen atoms in total. The molecular formula is C12H10BrCl2NO. The van der Waals surface area contributed by atoms with Crippen molar-refractivity contribution in [3.05, 3.63) is 56.4 Å². The lowest BCUT2D eigenvalue weighted by Crippen LogP contribution is -2.12. The van der Waals surface area contributed by atoms with Crippen molar-refractivity contribution in [1.29, 1.82) is 0 Å². The second-order valence-corrected chi connectivity index (χ2v) is 5.31. The van der Waals surface area contributed by atoms with E-state index >= 15 is 0 Å². The quantitative estimate of drug-likeness (QED) is 0.891. The van der Waals surface area contributed by atoms with Crippen LogP contribution < -0.4 is 5.73 Å². The molecule has 2 aromatic rings. The maximum atomic E-state index is 6.09. The fourth-order valence-corrected chi connectivity index (χ4v) is 2.36. The lowest BCUT2D eigenvalue weighted by molar-refractivity contribution is 0.448. The van der Waals surface area contributed by atoms with Crippen molar-refractivity contribution in [2.75, 3.05) is 0 Å². The highest BCUT2D eigenvalue weighted by Crippen LogP contribution is 2.26. The van der Waals surface area contributed by atoms with Crippen LogP contribution in [0.5, 0.6) is 0 Å². The van der Waals surface area contributed by atoms with E-state index in [9.17, 15) is 0 Å². The Balaban J connectivity index is 2.15. The molecule has 1 unspecified atom stereocenters. The van der Waals surface area contributed by atoms with E-state index in [1.165, 1.54) is 0 Å². The molecule has 2 rings (SSSR count). The van der Waals surface area contributed by atoms with Gasteiger partial charge in [-0.3, -0.25) is 0 Å². The van der Waals surface area contributed by atoms with Gasteiger partial charge in [0.2, 0.25) is 0 Å². The van der Waals surface area contributed by atoms with E-state index < -0.39 is 0 Å². The lowest BCUT2D eigenvalue weighted by atomic mass is 10.0. The van der Waals surface area contributed by atoms with Gasteiger partial charge in [0.05, 0.1) is 6.04 Å². The smallest absolute Gasteiger partial charge is 0.169 e. The zero-order valence-electron chi connectivity index (χ0n) is 8.79. The van der Waals surface area contributed by atoms with Gasteiger partial charge < -0.3 is 10.2 Å². The van der Waals surface area contributed by atoms with E-state index in [2.05, 4.69) is 15.9 Å². The Kier molecular flexibility index (Phi) is 4.15. The van der Waals surface area contributed by atoms with Gasteiger partial charge in [-0.2, -0.15) is 0 Å². The molecule has 0 aliphatic heterocycles. The Hall–Kier alpha value is -0.480. The highest BCUT2D eigenvalue weighted by atomic mass is 79.9. The van der Waals surface area contributed by atoms with Crippen LogP contribution in [0.4, 0.5) is 0 Å². The van der Waals surface area contributed by atoms with Crippen LogP contribution in [-0.4, -0.2) is 0 Å². The summed E-state index contributed by atoms with van der Waals surface area (Å²) >= 11 is 15.2. The van der Waals surface area contributed by atoms with E-state index in [1.807, 2.05) is 18.2 Å². The van der Waals surface area contributed by atoms with E-state index in [1.54, 1.807) is 12.1 Å². The van der Waals surface area contributed by atoms with Crippen molar-refractivity contribution in [2.24, 2.45) is 5.73 Å². The zero-order valence-corrected chi connectivity index (χ0v) is 11.9. The Morgan fingerprint density at radius 3 is 2.59 bits per heavy atom. The largest absolute Gasteiger partial charge is 0.453 e. The van der Waals surface area contributed by atoms with Crippen molar-refractivity contribution in [1.82, 2.24) is 0 Å². The molecule has 0 aliphatic rings. The number of furan rings is 1. The summed E-state index contributed by atoms with van der Waals surface area (Å²) in [5, 5.41) is 1.24. The van der Waals surface area contributed by atoms with Crippen LogP contribution in [0, 0.1) is 0 Å². The van der Waals surface area contributed by atoms with Crippen LogP contribution in [0.3, 0.4) is 0 Å². The Morgan fingerprint density at radius 2 is 2.00 bits per heavy atom. The molecule has 0 saturated carbocycles. The lowest BCUT2D eigenvalue weighted by Gasteiger charge is -2.10. The van der Waals surface area contributed by atoms with E-state index in [0.717, 1.165) is 11.3 Å². The highest BCUT2D eigenvalue weighted by molar-refractivity contribution is 9.10. The van der Waals surface area contributed by atoms with Gasteiger partial charge in [0.1, 0.15) is 5.76 Å². The monoisotopic (exact) mass is 333 g/mol. The summed E-state index contributed by atoms with van der Waals surface area (Å²) in [7, 11) is 0. The molecule has 0 saturated heterocycles. The molecule has 0 bridgehead atoms. The van der Waals surface area contributed by atoms with Gasteiger partial charge in [0.25, 0.3) is 0 Å². The number of nitrogens with two attached hydrogens (primary N) is 1. The van der Waals surface area contributed by atoms with Gasteiger partial charge in [-0.1, -0.05) is 29.3 Å². The van der Waals surface area contributed by atoms with Gasteiger partial charge in [0, 0.05) is 10.0 Å². The third-order valence-corrected chi connectivity index (χ3v) is 3.43. The van der Waals surface area contributed by atoms with Crippen LogP contribution in [0.15, 0.2) is 39.4 Å². The van der Waals surface area contributed by atoms with Crippen molar-refractivity contribution >= 4 is 39.1 Å². The van der Waals surface area contributed by atoms with Gasteiger partial charge in [-0.15, -0.1) is 0 Å². The molecule has 1 heterocycles. The van der Waals surface area contributed by atoms with Crippen LogP contribution in [-0.2, 0) is 6.42 Å². The first-order valence-corrected chi connectivity index (χ1v) is 6.56. The molecular weight excluding hydrogens is 325 g/mol. The first-order chi connectivity index (χ1) is 8.06. The van der Waals surface area contributed by atoms with Gasteiger partial charge in [-0.25, -0.2) is 0 Å². The maximum Gasteiger partial charge on any atom is 0.169 e. The minimum atomic E-state index is -0.222. The summed E-state index contributed by atoms with van der Waals surface area (Å²) < 4.78 is 6.08. The number of halogens is 3. The standard InChI is InChI=1S/C12H10BrCl2NO/c13-12-4-3-11(17-12)10(16)5-7-1-2-8(14)6-9(7)15/h1-4,6,10H,5,16H2. The molecule has 0 fully saturated rings. The molecule has 0 amide bonds. The van der Waals surface area contributed by atoms with Crippen molar-refractivity contribution in [3.8, 4) is 0 Å². The average Bonchev–Trinajstić information content (AvgIpc) is 2.69. The molecule has 1 aromatic carbocycles. The first kappa shape index (κ1) is 13.0. The van der Waals surface area contributed by atoms with E-state index in [0.29, 0.717) is 21.1 Å². The van der Waals surface area contributed by atoms with Gasteiger partial charge in [-0.05, 0) is 52.2 Å². The van der Waals surface area contributed by atoms with Crippen LogP contribution in [0.25, 0.3) is 0 Å². The molecule has 0 spiro atoms. The van der Waals surface area contributed by atoms with E-state index in [-0.39, 0.29) is 6.04 Å². The summed E-state index contributed by atoms with van der Waals surface area (Å²) in [5.74, 6) is 0.725. The molecule has 2 N–H and O–H groups in total. The Morgan fingerprint density at radius 1 is 1.24 bits per heavy atom. The van der Waals surface area contributed by atoms with Crippen LogP contribution in [0.2, 0.25) is 10.0 Å². The molecule has 17 heavy (non-hydrogen) atoms. The summed E-state index contributed by atoms with van der Waals surface area (Å²) in [6.45, 7) is 0. The third-order valence-electron chi connectivity index (χ3n) is 2.41. The molecule has 5 heteroatoms. The first-order valence-electron chi connectivity index (χ1n) is 5.01. The fourth-order valence-electron chi connectivity index (χ4n) is 1.55. The van der Waals surface area contributed by atoms with Crippen molar-refractivity contribution in [3.63, 3.8) is 0 Å². The minimum absolute atomic E-state index is 0.222. The number of hydrogen-bond donors (Lipinski definition) is 1. The Bertz CT molecular complexity index is 527.